The predicted molar refractivity (Wildman–Crippen MR) is 104 cm³/mol. The SMILES string of the molecule is Cc1cc(C(=O)NCc2cccc(F)c2)c(C)n1-c1ccc2c(c1)OCCO2. The van der Waals surface area contributed by atoms with E-state index >= 15 is 0 Å². The molecule has 2 heterocycles. The zero-order chi connectivity index (χ0) is 19.7. The van der Waals surface area contributed by atoms with E-state index in [9.17, 15) is 9.18 Å². The van der Waals surface area contributed by atoms with Crippen molar-refractivity contribution in [3.05, 3.63) is 76.9 Å². The summed E-state index contributed by atoms with van der Waals surface area (Å²) >= 11 is 0. The number of rotatable bonds is 4. The molecule has 1 aliphatic heterocycles. The fraction of sp³-hybridized carbons (Fsp3) is 0.227. The van der Waals surface area contributed by atoms with Crippen LogP contribution in [0.2, 0.25) is 0 Å². The number of nitrogens with one attached hydrogen (secondary N) is 1. The van der Waals surface area contributed by atoms with E-state index in [2.05, 4.69) is 5.32 Å². The fourth-order valence-electron chi connectivity index (χ4n) is 3.49. The summed E-state index contributed by atoms with van der Waals surface area (Å²) in [5, 5.41) is 2.86. The van der Waals surface area contributed by atoms with Crippen LogP contribution in [0.15, 0.2) is 48.5 Å². The van der Waals surface area contributed by atoms with Crippen LogP contribution in [0, 0.1) is 19.7 Å². The molecule has 2 aromatic carbocycles. The van der Waals surface area contributed by atoms with Crippen molar-refractivity contribution in [2.45, 2.75) is 20.4 Å². The maximum absolute atomic E-state index is 13.3. The Morgan fingerprint density at radius 3 is 2.64 bits per heavy atom. The molecule has 0 radical (unpaired) electrons. The molecule has 1 N–H and O–H groups in total. The summed E-state index contributed by atoms with van der Waals surface area (Å²) in [6.07, 6.45) is 0. The summed E-state index contributed by atoms with van der Waals surface area (Å²) in [4.78, 5) is 12.7. The van der Waals surface area contributed by atoms with Crippen LogP contribution in [-0.4, -0.2) is 23.7 Å². The van der Waals surface area contributed by atoms with Gasteiger partial charge in [-0.05, 0) is 49.7 Å². The molecule has 1 aromatic heterocycles. The maximum Gasteiger partial charge on any atom is 0.253 e. The minimum absolute atomic E-state index is 0.193. The highest BCUT2D eigenvalue weighted by molar-refractivity contribution is 5.95. The lowest BCUT2D eigenvalue weighted by atomic mass is 10.2. The molecule has 4 rings (SSSR count). The number of hydrogen-bond donors (Lipinski definition) is 1. The zero-order valence-electron chi connectivity index (χ0n) is 15.8. The molecule has 5 nitrogen and oxygen atoms in total. The highest BCUT2D eigenvalue weighted by atomic mass is 19.1. The van der Waals surface area contributed by atoms with Crippen LogP contribution >= 0.6 is 0 Å². The van der Waals surface area contributed by atoms with E-state index in [0.29, 0.717) is 30.1 Å². The monoisotopic (exact) mass is 380 g/mol. The first kappa shape index (κ1) is 18.1. The van der Waals surface area contributed by atoms with Gasteiger partial charge in [0, 0.05) is 29.7 Å². The number of aryl methyl sites for hydroxylation is 1. The van der Waals surface area contributed by atoms with E-state index in [1.165, 1.54) is 12.1 Å². The summed E-state index contributed by atoms with van der Waals surface area (Å²) in [6.45, 7) is 5.19. The Morgan fingerprint density at radius 2 is 1.86 bits per heavy atom. The van der Waals surface area contributed by atoms with Crippen molar-refractivity contribution in [1.29, 1.82) is 0 Å². The number of amides is 1. The Kier molecular flexibility index (Phi) is 4.77. The van der Waals surface area contributed by atoms with Crippen LogP contribution < -0.4 is 14.8 Å². The predicted octanol–water partition coefficient (Wildman–Crippen LogP) is 3.93. The van der Waals surface area contributed by atoms with Gasteiger partial charge in [0.2, 0.25) is 0 Å². The van der Waals surface area contributed by atoms with Gasteiger partial charge in [0.05, 0.1) is 5.56 Å². The third-order valence-corrected chi connectivity index (χ3v) is 4.80. The van der Waals surface area contributed by atoms with Crippen LogP contribution in [0.5, 0.6) is 11.5 Å². The molecule has 3 aromatic rings. The van der Waals surface area contributed by atoms with Gasteiger partial charge in [-0.3, -0.25) is 4.79 Å². The molecule has 0 fully saturated rings. The summed E-state index contributed by atoms with van der Waals surface area (Å²) in [7, 11) is 0. The molecule has 6 heteroatoms. The van der Waals surface area contributed by atoms with E-state index in [1.54, 1.807) is 12.1 Å². The van der Waals surface area contributed by atoms with E-state index in [-0.39, 0.29) is 18.3 Å². The number of carbonyl (C=O) groups excluding carboxylic acids is 1. The smallest absolute Gasteiger partial charge is 0.253 e. The van der Waals surface area contributed by atoms with Gasteiger partial charge in [-0.15, -0.1) is 0 Å². The first-order valence-corrected chi connectivity index (χ1v) is 9.14. The summed E-state index contributed by atoms with van der Waals surface area (Å²) in [5.74, 6) is 0.920. The molecule has 0 saturated carbocycles. The van der Waals surface area contributed by atoms with E-state index in [1.807, 2.05) is 42.7 Å². The molecule has 28 heavy (non-hydrogen) atoms. The average Bonchev–Trinajstić information content (AvgIpc) is 3.00. The van der Waals surface area contributed by atoms with Crippen molar-refractivity contribution in [2.24, 2.45) is 0 Å². The number of fused-ring (bicyclic) bond motifs is 1. The highest BCUT2D eigenvalue weighted by Gasteiger charge is 2.19. The Bertz CT molecular complexity index is 1040. The summed E-state index contributed by atoms with van der Waals surface area (Å²) < 4.78 is 26.6. The minimum Gasteiger partial charge on any atom is -0.486 e. The molecule has 1 amide bonds. The molecule has 0 unspecified atom stereocenters. The van der Waals surface area contributed by atoms with Crippen molar-refractivity contribution in [1.82, 2.24) is 9.88 Å². The Hall–Kier alpha value is -3.28. The number of halogens is 1. The molecule has 144 valence electrons. The lowest BCUT2D eigenvalue weighted by Crippen LogP contribution is -2.23. The molecule has 0 saturated heterocycles. The second kappa shape index (κ2) is 7.38. The topological polar surface area (TPSA) is 52.5 Å². The van der Waals surface area contributed by atoms with Gasteiger partial charge in [-0.25, -0.2) is 4.39 Å². The van der Waals surface area contributed by atoms with Crippen LogP contribution in [0.25, 0.3) is 5.69 Å². The lowest BCUT2D eigenvalue weighted by Gasteiger charge is -2.20. The van der Waals surface area contributed by atoms with Gasteiger partial charge in [-0.2, -0.15) is 0 Å². The highest BCUT2D eigenvalue weighted by Crippen LogP contribution is 2.33. The number of carbonyl (C=O) groups is 1. The number of nitrogens with zero attached hydrogens (tertiary/aromatic N) is 1. The third-order valence-electron chi connectivity index (χ3n) is 4.80. The standard InChI is InChI=1S/C22H21FN2O3/c1-14-10-19(22(26)24-13-16-4-3-5-17(23)11-16)15(2)25(14)18-6-7-20-21(12-18)28-9-8-27-20/h3-7,10-12H,8-9,13H2,1-2H3,(H,24,26). The van der Waals surface area contributed by atoms with E-state index in [0.717, 1.165) is 22.8 Å². The average molecular weight is 380 g/mol. The lowest BCUT2D eigenvalue weighted by molar-refractivity contribution is 0.0950. The summed E-state index contributed by atoms with van der Waals surface area (Å²) in [5.41, 5.74) is 3.97. The van der Waals surface area contributed by atoms with Crippen LogP contribution in [0.4, 0.5) is 4.39 Å². The van der Waals surface area contributed by atoms with Crippen molar-refractivity contribution in [3.8, 4) is 17.2 Å². The van der Waals surface area contributed by atoms with E-state index in [4.69, 9.17) is 9.47 Å². The first-order chi connectivity index (χ1) is 13.5. The third kappa shape index (κ3) is 3.45. The van der Waals surface area contributed by atoms with Crippen molar-refractivity contribution < 1.29 is 18.7 Å². The van der Waals surface area contributed by atoms with Crippen molar-refractivity contribution >= 4 is 5.91 Å². The molecule has 0 aliphatic carbocycles. The molecular formula is C22H21FN2O3. The number of aromatic nitrogens is 1. The Labute approximate surface area is 162 Å². The van der Waals surface area contributed by atoms with Gasteiger partial charge in [0.15, 0.2) is 11.5 Å². The molecule has 0 atom stereocenters. The number of hydrogen-bond acceptors (Lipinski definition) is 3. The Balaban J connectivity index is 1.58. The van der Waals surface area contributed by atoms with Crippen LogP contribution in [0.3, 0.4) is 0 Å². The van der Waals surface area contributed by atoms with E-state index < -0.39 is 0 Å². The van der Waals surface area contributed by atoms with Gasteiger partial charge >= 0.3 is 0 Å². The molecule has 0 spiro atoms. The number of ether oxygens (including phenoxy) is 2. The quantitative estimate of drug-likeness (QED) is 0.746. The van der Waals surface area contributed by atoms with Crippen LogP contribution in [-0.2, 0) is 6.54 Å². The van der Waals surface area contributed by atoms with Gasteiger partial charge in [0.25, 0.3) is 5.91 Å². The van der Waals surface area contributed by atoms with Crippen molar-refractivity contribution in [3.63, 3.8) is 0 Å². The maximum atomic E-state index is 13.3. The summed E-state index contributed by atoms with van der Waals surface area (Å²) in [6, 6.07) is 13.8. The number of benzene rings is 2. The Morgan fingerprint density at radius 1 is 1.07 bits per heavy atom. The van der Waals surface area contributed by atoms with Gasteiger partial charge in [-0.1, -0.05) is 12.1 Å². The fourth-order valence-corrected chi connectivity index (χ4v) is 3.49. The molecule has 1 aliphatic rings. The van der Waals surface area contributed by atoms with Gasteiger partial charge in [0.1, 0.15) is 19.0 Å². The zero-order valence-corrected chi connectivity index (χ0v) is 15.8. The first-order valence-electron chi connectivity index (χ1n) is 9.14. The van der Waals surface area contributed by atoms with Crippen LogP contribution in [0.1, 0.15) is 27.3 Å². The molecule has 0 bridgehead atoms. The second-order valence-electron chi connectivity index (χ2n) is 6.76. The minimum atomic E-state index is -0.316. The molecular weight excluding hydrogens is 359 g/mol. The second-order valence-corrected chi connectivity index (χ2v) is 6.76. The largest absolute Gasteiger partial charge is 0.486 e. The van der Waals surface area contributed by atoms with Gasteiger partial charge < -0.3 is 19.4 Å². The van der Waals surface area contributed by atoms with Crippen molar-refractivity contribution in [2.75, 3.05) is 13.2 Å². The normalized spacial score (nSPS) is 12.7.